The molecule has 1 fully saturated rings. The molecule has 0 radical (unpaired) electrons. The molecule has 0 aromatic carbocycles. The molecule has 0 bridgehead atoms. The molecule has 1 amide bonds. The maximum absolute atomic E-state index is 12.0. The van der Waals surface area contributed by atoms with E-state index >= 15 is 0 Å². The molecule has 6 heteroatoms. The summed E-state index contributed by atoms with van der Waals surface area (Å²) in [6.07, 6.45) is 6.12. The van der Waals surface area contributed by atoms with Crippen LogP contribution in [0.1, 0.15) is 37.8 Å². The average molecular weight is 325 g/mol. The number of amides is 1. The number of piperidine rings is 1. The fourth-order valence-corrected chi connectivity index (χ4v) is 3.10. The predicted octanol–water partition coefficient (Wildman–Crippen LogP) is 2.70. The standard InChI is InChI=1S/C18H23N5O/c1-3-17(24)23-9-5-7-14(12-23)15-10-16(19-2)22-18(21-15)13-6-4-8-20-11-13/h4,6,8,10-11,14H,3,5,7,9,12H2,1-2H3,(H,19,21,22)/t14-/m0/s1. The minimum absolute atomic E-state index is 0.218. The first kappa shape index (κ1) is 16.4. The van der Waals surface area contributed by atoms with Crippen LogP contribution >= 0.6 is 0 Å². The number of likely N-dealkylation sites (tertiary alicyclic amines) is 1. The Kier molecular flexibility index (Phi) is 5.03. The van der Waals surface area contributed by atoms with E-state index in [1.807, 2.05) is 37.1 Å². The topological polar surface area (TPSA) is 71.0 Å². The average Bonchev–Trinajstić information content (AvgIpc) is 2.67. The fourth-order valence-electron chi connectivity index (χ4n) is 3.10. The molecule has 3 rings (SSSR count). The van der Waals surface area contributed by atoms with Gasteiger partial charge in [0.25, 0.3) is 0 Å². The molecule has 2 aromatic heterocycles. The Bertz CT molecular complexity index is 704. The first-order valence-corrected chi connectivity index (χ1v) is 8.46. The van der Waals surface area contributed by atoms with E-state index in [1.165, 1.54) is 0 Å². The van der Waals surface area contributed by atoms with Gasteiger partial charge in [0.1, 0.15) is 5.82 Å². The molecule has 0 spiro atoms. The van der Waals surface area contributed by atoms with E-state index in [1.54, 1.807) is 12.4 Å². The summed E-state index contributed by atoms with van der Waals surface area (Å²) < 4.78 is 0. The summed E-state index contributed by atoms with van der Waals surface area (Å²) in [7, 11) is 1.85. The van der Waals surface area contributed by atoms with Crippen LogP contribution in [-0.2, 0) is 4.79 Å². The Morgan fingerprint density at radius 3 is 3.00 bits per heavy atom. The Hall–Kier alpha value is -2.50. The third kappa shape index (κ3) is 3.53. The number of nitrogens with one attached hydrogen (secondary N) is 1. The van der Waals surface area contributed by atoms with Gasteiger partial charge in [-0.15, -0.1) is 0 Å². The highest BCUT2D eigenvalue weighted by atomic mass is 16.2. The van der Waals surface area contributed by atoms with Gasteiger partial charge >= 0.3 is 0 Å². The zero-order valence-electron chi connectivity index (χ0n) is 14.2. The molecule has 1 saturated heterocycles. The van der Waals surface area contributed by atoms with Gasteiger partial charge in [0.2, 0.25) is 5.91 Å². The van der Waals surface area contributed by atoms with Crippen LogP contribution in [0, 0.1) is 0 Å². The predicted molar refractivity (Wildman–Crippen MR) is 93.7 cm³/mol. The van der Waals surface area contributed by atoms with Gasteiger partial charge in [0.15, 0.2) is 5.82 Å². The molecule has 0 aliphatic carbocycles. The molecule has 1 aliphatic rings. The number of pyridine rings is 1. The number of rotatable bonds is 4. The number of carbonyl (C=O) groups excluding carboxylic acids is 1. The van der Waals surface area contributed by atoms with Gasteiger partial charge in [-0.05, 0) is 25.0 Å². The lowest BCUT2D eigenvalue weighted by molar-refractivity contribution is -0.132. The minimum atomic E-state index is 0.218. The summed E-state index contributed by atoms with van der Waals surface area (Å²) in [5, 5.41) is 3.11. The number of nitrogens with zero attached hydrogens (tertiary/aromatic N) is 4. The molecular weight excluding hydrogens is 302 g/mol. The Morgan fingerprint density at radius 2 is 2.29 bits per heavy atom. The normalized spacial score (nSPS) is 17.6. The van der Waals surface area contributed by atoms with Crippen molar-refractivity contribution in [2.45, 2.75) is 32.1 Å². The number of hydrogen-bond acceptors (Lipinski definition) is 5. The first-order valence-electron chi connectivity index (χ1n) is 8.46. The third-order valence-electron chi connectivity index (χ3n) is 4.42. The lowest BCUT2D eigenvalue weighted by atomic mass is 9.94. The summed E-state index contributed by atoms with van der Waals surface area (Å²) in [5.74, 6) is 1.93. The van der Waals surface area contributed by atoms with E-state index in [4.69, 9.17) is 4.98 Å². The summed E-state index contributed by atoms with van der Waals surface area (Å²) in [6.45, 7) is 3.50. The van der Waals surface area contributed by atoms with Crippen LogP contribution in [0.5, 0.6) is 0 Å². The summed E-state index contributed by atoms with van der Waals surface area (Å²) in [4.78, 5) is 27.4. The van der Waals surface area contributed by atoms with Crippen molar-refractivity contribution in [2.75, 3.05) is 25.5 Å². The number of aromatic nitrogens is 3. The molecule has 2 aromatic rings. The van der Waals surface area contributed by atoms with Crippen LogP contribution in [-0.4, -0.2) is 45.9 Å². The van der Waals surface area contributed by atoms with E-state index in [2.05, 4.69) is 15.3 Å². The SMILES string of the molecule is CCC(=O)N1CCC[C@H](c2cc(NC)nc(-c3cccnc3)n2)C1. The zero-order valence-corrected chi connectivity index (χ0v) is 14.2. The van der Waals surface area contributed by atoms with Crippen molar-refractivity contribution in [3.8, 4) is 11.4 Å². The summed E-state index contributed by atoms with van der Waals surface area (Å²) in [6, 6.07) is 5.83. The van der Waals surface area contributed by atoms with E-state index in [0.717, 1.165) is 43.0 Å². The van der Waals surface area contributed by atoms with Crippen molar-refractivity contribution in [1.29, 1.82) is 0 Å². The first-order chi connectivity index (χ1) is 11.7. The maximum atomic E-state index is 12.0. The summed E-state index contributed by atoms with van der Waals surface area (Å²) in [5.41, 5.74) is 1.88. The van der Waals surface area contributed by atoms with Crippen molar-refractivity contribution in [3.05, 3.63) is 36.3 Å². The molecule has 126 valence electrons. The van der Waals surface area contributed by atoms with Crippen LogP contribution in [0.15, 0.2) is 30.6 Å². The third-order valence-corrected chi connectivity index (χ3v) is 4.42. The number of carbonyl (C=O) groups is 1. The van der Waals surface area contributed by atoms with Gasteiger partial charge in [0, 0.05) is 56.5 Å². The van der Waals surface area contributed by atoms with Crippen molar-refractivity contribution in [2.24, 2.45) is 0 Å². The molecule has 1 N–H and O–H groups in total. The van der Waals surface area contributed by atoms with E-state index in [0.29, 0.717) is 12.2 Å². The van der Waals surface area contributed by atoms with Gasteiger partial charge in [0.05, 0.1) is 5.69 Å². The number of hydrogen-bond donors (Lipinski definition) is 1. The highest BCUT2D eigenvalue weighted by Crippen LogP contribution is 2.28. The molecule has 6 nitrogen and oxygen atoms in total. The van der Waals surface area contributed by atoms with Crippen molar-refractivity contribution >= 4 is 11.7 Å². The second kappa shape index (κ2) is 7.38. The Labute approximate surface area is 142 Å². The van der Waals surface area contributed by atoms with Crippen LogP contribution in [0.25, 0.3) is 11.4 Å². The second-order valence-corrected chi connectivity index (χ2v) is 6.03. The second-order valence-electron chi connectivity index (χ2n) is 6.03. The molecule has 3 heterocycles. The smallest absolute Gasteiger partial charge is 0.222 e. The van der Waals surface area contributed by atoms with Crippen molar-refractivity contribution in [1.82, 2.24) is 19.9 Å². The van der Waals surface area contributed by atoms with Gasteiger partial charge in [-0.25, -0.2) is 9.97 Å². The van der Waals surface area contributed by atoms with Crippen molar-refractivity contribution in [3.63, 3.8) is 0 Å². The lowest BCUT2D eigenvalue weighted by Crippen LogP contribution is -2.39. The number of anilines is 1. The van der Waals surface area contributed by atoms with Gasteiger partial charge in [-0.3, -0.25) is 9.78 Å². The van der Waals surface area contributed by atoms with Crippen LogP contribution in [0.3, 0.4) is 0 Å². The monoisotopic (exact) mass is 325 g/mol. The zero-order chi connectivity index (χ0) is 16.9. The van der Waals surface area contributed by atoms with Gasteiger partial charge < -0.3 is 10.2 Å². The molecule has 0 unspecified atom stereocenters. The van der Waals surface area contributed by atoms with Crippen LogP contribution in [0.4, 0.5) is 5.82 Å². The molecule has 1 atom stereocenters. The Morgan fingerprint density at radius 1 is 1.42 bits per heavy atom. The van der Waals surface area contributed by atoms with Crippen molar-refractivity contribution < 1.29 is 4.79 Å². The highest BCUT2D eigenvalue weighted by molar-refractivity contribution is 5.76. The maximum Gasteiger partial charge on any atom is 0.222 e. The van der Waals surface area contributed by atoms with E-state index in [-0.39, 0.29) is 11.8 Å². The molecule has 0 saturated carbocycles. The quantitative estimate of drug-likeness (QED) is 0.936. The minimum Gasteiger partial charge on any atom is -0.373 e. The van der Waals surface area contributed by atoms with Crippen LogP contribution in [0.2, 0.25) is 0 Å². The highest BCUT2D eigenvalue weighted by Gasteiger charge is 2.25. The largest absolute Gasteiger partial charge is 0.373 e. The fraction of sp³-hybridized carbons (Fsp3) is 0.444. The van der Waals surface area contributed by atoms with Gasteiger partial charge in [-0.1, -0.05) is 6.92 Å². The van der Waals surface area contributed by atoms with E-state index in [9.17, 15) is 4.79 Å². The summed E-state index contributed by atoms with van der Waals surface area (Å²) >= 11 is 0. The molecular formula is C18H23N5O. The Balaban J connectivity index is 1.91. The van der Waals surface area contributed by atoms with E-state index < -0.39 is 0 Å². The lowest BCUT2D eigenvalue weighted by Gasteiger charge is -2.32. The molecule has 1 aliphatic heterocycles. The molecule has 24 heavy (non-hydrogen) atoms. The van der Waals surface area contributed by atoms with Gasteiger partial charge in [-0.2, -0.15) is 0 Å². The van der Waals surface area contributed by atoms with Crippen LogP contribution < -0.4 is 5.32 Å².